The molecule has 25 heavy (non-hydrogen) atoms. The lowest BCUT2D eigenvalue weighted by molar-refractivity contribution is -0.136. The van der Waals surface area contributed by atoms with Crippen molar-refractivity contribution in [3.8, 4) is 0 Å². The Morgan fingerprint density at radius 1 is 1.24 bits per heavy atom. The molecule has 0 spiro atoms. The van der Waals surface area contributed by atoms with Gasteiger partial charge in [0, 0.05) is 17.1 Å². The number of hydrogen-bond acceptors (Lipinski definition) is 5. The topological polar surface area (TPSA) is 32.8 Å². The van der Waals surface area contributed by atoms with Gasteiger partial charge in [0.05, 0.1) is 7.11 Å². The first-order valence-electron chi connectivity index (χ1n) is 8.21. The standard InChI is InChI=1S/C20H22N2O2S/c1-4-12-21-14-15(2)18(20(23)24-3)22(16-9-6-5-7-10-16)19(21)17-11-8-13-25-17/h4-13,19H,14H2,1-3H3/b12-4+. The second kappa shape index (κ2) is 7.57. The first kappa shape index (κ1) is 17.3. The third-order valence-corrected chi connectivity index (χ3v) is 5.09. The lowest BCUT2D eigenvalue weighted by atomic mass is 10.1. The van der Waals surface area contributed by atoms with Crippen molar-refractivity contribution in [3.05, 3.63) is 76.3 Å². The molecule has 5 heteroatoms. The number of ether oxygens (including phenoxy) is 1. The first-order chi connectivity index (χ1) is 12.2. The molecule has 0 saturated heterocycles. The van der Waals surface area contributed by atoms with Gasteiger partial charge in [-0.2, -0.15) is 0 Å². The molecule has 0 N–H and O–H groups in total. The van der Waals surface area contributed by atoms with Crippen LogP contribution >= 0.6 is 11.3 Å². The predicted octanol–water partition coefficient (Wildman–Crippen LogP) is 4.55. The van der Waals surface area contributed by atoms with Gasteiger partial charge in [0.25, 0.3) is 0 Å². The van der Waals surface area contributed by atoms with Crippen molar-refractivity contribution in [2.24, 2.45) is 0 Å². The summed E-state index contributed by atoms with van der Waals surface area (Å²) < 4.78 is 5.10. The zero-order chi connectivity index (χ0) is 17.8. The number of thiophene rings is 1. The third-order valence-electron chi connectivity index (χ3n) is 4.17. The van der Waals surface area contributed by atoms with Crippen LogP contribution in [0.4, 0.5) is 5.69 Å². The average Bonchev–Trinajstić information content (AvgIpc) is 3.16. The molecule has 0 radical (unpaired) electrons. The Morgan fingerprint density at radius 2 is 2.00 bits per heavy atom. The van der Waals surface area contributed by atoms with Crippen LogP contribution in [-0.2, 0) is 9.53 Å². The maximum atomic E-state index is 12.6. The van der Waals surface area contributed by atoms with Gasteiger partial charge in [-0.25, -0.2) is 4.79 Å². The highest BCUT2D eigenvalue weighted by Crippen LogP contribution is 2.40. The number of hydrogen-bond donors (Lipinski definition) is 0. The molecule has 1 atom stereocenters. The van der Waals surface area contributed by atoms with Gasteiger partial charge in [0.2, 0.25) is 0 Å². The molecule has 130 valence electrons. The van der Waals surface area contributed by atoms with E-state index >= 15 is 0 Å². The van der Waals surface area contributed by atoms with E-state index in [1.165, 1.54) is 12.0 Å². The van der Waals surface area contributed by atoms with Crippen molar-refractivity contribution in [2.45, 2.75) is 20.0 Å². The van der Waals surface area contributed by atoms with Crippen LogP contribution in [0.25, 0.3) is 0 Å². The van der Waals surface area contributed by atoms with Gasteiger partial charge in [-0.15, -0.1) is 11.3 Å². The summed E-state index contributed by atoms with van der Waals surface area (Å²) in [5.41, 5.74) is 2.57. The SMILES string of the molecule is C/C=C/N1CC(C)=C(C(=O)OC)N(c2ccccc2)C1c1cccs1. The number of para-hydroxylation sites is 1. The van der Waals surface area contributed by atoms with E-state index in [-0.39, 0.29) is 12.1 Å². The van der Waals surface area contributed by atoms with Gasteiger partial charge in [-0.3, -0.25) is 0 Å². The fraction of sp³-hybridized carbons (Fsp3) is 0.250. The Hall–Kier alpha value is -2.53. The minimum Gasteiger partial charge on any atom is -0.464 e. The van der Waals surface area contributed by atoms with Gasteiger partial charge in [0.15, 0.2) is 0 Å². The van der Waals surface area contributed by atoms with E-state index in [9.17, 15) is 4.79 Å². The minimum atomic E-state index is -0.303. The summed E-state index contributed by atoms with van der Waals surface area (Å²) in [7, 11) is 1.43. The van der Waals surface area contributed by atoms with Crippen LogP contribution in [0, 0.1) is 0 Å². The summed E-state index contributed by atoms with van der Waals surface area (Å²) in [6.07, 6.45) is 4.02. The summed E-state index contributed by atoms with van der Waals surface area (Å²) in [4.78, 5) is 18.1. The number of carbonyl (C=O) groups is 1. The van der Waals surface area contributed by atoms with E-state index in [1.807, 2.05) is 56.3 Å². The number of benzene rings is 1. The van der Waals surface area contributed by atoms with Gasteiger partial charge in [-0.05, 0) is 49.2 Å². The fourth-order valence-corrected chi connectivity index (χ4v) is 4.03. The molecule has 1 aromatic carbocycles. The molecule has 0 fully saturated rings. The first-order valence-corrected chi connectivity index (χ1v) is 9.09. The average molecular weight is 354 g/mol. The summed E-state index contributed by atoms with van der Waals surface area (Å²) in [6, 6.07) is 14.1. The van der Waals surface area contributed by atoms with E-state index in [4.69, 9.17) is 4.74 Å². The molecule has 0 bridgehead atoms. The van der Waals surface area contributed by atoms with Crippen molar-refractivity contribution in [1.29, 1.82) is 0 Å². The maximum Gasteiger partial charge on any atom is 0.354 e. The summed E-state index contributed by atoms with van der Waals surface area (Å²) >= 11 is 1.69. The maximum absolute atomic E-state index is 12.6. The van der Waals surface area contributed by atoms with Crippen LogP contribution in [0.15, 0.2) is 71.4 Å². The normalized spacial score (nSPS) is 18.1. The lowest BCUT2D eigenvalue weighted by Gasteiger charge is -2.45. The molecule has 1 aromatic heterocycles. The van der Waals surface area contributed by atoms with E-state index in [2.05, 4.69) is 27.4 Å². The van der Waals surface area contributed by atoms with Gasteiger partial charge >= 0.3 is 5.97 Å². The Morgan fingerprint density at radius 3 is 2.60 bits per heavy atom. The monoisotopic (exact) mass is 354 g/mol. The minimum absolute atomic E-state index is 0.0867. The molecule has 4 nitrogen and oxygen atoms in total. The highest BCUT2D eigenvalue weighted by molar-refractivity contribution is 7.10. The second-order valence-corrected chi connectivity index (χ2v) is 6.85. The summed E-state index contributed by atoms with van der Waals surface area (Å²) in [6.45, 7) is 4.68. The third kappa shape index (κ3) is 3.33. The van der Waals surface area contributed by atoms with Crippen LogP contribution in [0.2, 0.25) is 0 Å². The number of anilines is 1. The van der Waals surface area contributed by atoms with Crippen LogP contribution in [-0.4, -0.2) is 24.5 Å². The number of rotatable bonds is 4. The van der Waals surface area contributed by atoms with Crippen molar-refractivity contribution >= 4 is 23.0 Å². The number of methoxy groups -OCH3 is 1. The molecule has 0 amide bonds. The zero-order valence-electron chi connectivity index (χ0n) is 14.7. The van der Waals surface area contributed by atoms with Gasteiger partial charge in [0.1, 0.15) is 11.9 Å². The molecular weight excluding hydrogens is 332 g/mol. The van der Waals surface area contributed by atoms with Crippen molar-refractivity contribution in [1.82, 2.24) is 4.90 Å². The molecule has 1 aliphatic rings. The van der Waals surface area contributed by atoms with Gasteiger partial charge < -0.3 is 14.5 Å². The molecule has 0 aliphatic carbocycles. The van der Waals surface area contributed by atoms with Crippen LogP contribution in [0.1, 0.15) is 24.9 Å². The second-order valence-electron chi connectivity index (χ2n) is 5.87. The number of carbonyl (C=O) groups excluding carboxylic acids is 1. The van der Waals surface area contributed by atoms with Crippen molar-refractivity contribution in [3.63, 3.8) is 0 Å². The van der Waals surface area contributed by atoms with E-state index < -0.39 is 0 Å². The van der Waals surface area contributed by atoms with Crippen molar-refractivity contribution in [2.75, 3.05) is 18.6 Å². The molecular formula is C20H22N2O2S. The zero-order valence-corrected chi connectivity index (χ0v) is 15.5. The van der Waals surface area contributed by atoms with Crippen LogP contribution < -0.4 is 4.90 Å². The molecule has 2 aromatic rings. The van der Waals surface area contributed by atoms with Crippen LogP contribution in [0.3, 0.4) is 0 Å². The van der Waals surface area contributed by atoms with Gasteiger partial charge in [-0.1, -0.05) is 30.3 Å². The number of esters is 1. The Labute approximate surface area is 152 Å². The summed E-state index contributed by atoms with van der Waals surface area (Å²) in [5, 5.41) is 2.06. The number of allylic oxidation sites excluding steroid dienone is 1. The molecule has 1 aliphatic heterocycles. The van der Waals surface area contributed by atoms with E-state index in [1.54, 1.807) is 11.3 Å². The Balaban J connectivity index is 2.21. The quantitative estimate of drug-likeness (QED) is 0.754. The molecule has 3 rings (SSSR count). The van der Waals surface area contributed by atoms with E-state index in [0.29, 0.717) is 12.2 Å². The summed E-state index contributed by atoms with van der Waals surface area (Å²) in [5.74, 6) is -0.303. The fourth-order valence-electron chi connectivity index (χ4n) is 3.19. The van der Waals surface area contributed by atoms with Crippen LogP contribution in [0.5, 0.6) is 0 Å². The Bertz CT molecular complexity index is 781. The van der Waals surface area contributed by atoms with E-state index in [0.717, 1.165) is 11.3 Å². The van der Waals surface area contributed by atoms with Crippen molar-refractivity contribution < 1.29 is 9.53 Å². The largest absolute Gasteiger partial charge is 0.464 e. The smallest absolute Gasteiger partial charge is 0.354 e. The Kier molecular flexibility index (Phi) is 5.24. The molecule has 2 heterocycles. The highest BCUT2D eigenvalue weighted by atomic mass is 32.1. The highest BCUT2D eigenvalue weighted by Gasteiger charge is 2.37. The number of nitrogens with zero attached hydrogens (tertiary/aromatic N) is 2. The predicted molar refractivity (Wildman–Crippen MR) is 102 cm³/mol. The lowest BCUT2D eigenvalue weighted by Crippen LogP contribution is -2.46. The molecule has 0 saturated carbocycles. The molecule has 1 unspecified atom stereocenters.